The van der Waals surface area contributed by atoms with Gasteiger partial charge in [0.15, 0.2) is 6.10 Å². The SMILES string of the molecule is CC/C=C\C/C=C\C/C=C\C/C=C\CCCCCCCCCCCCCCCCCCC(=O)OCC(COC(=O)CCCCCCC/C=C\CCC)OC(=O)CCCCCC/C=C\C/C=C\C/C=C\C/C=C\CC. The van der Waals surface area contributed by atoms with Crippen molar-refractivity contribution in [2.24, 2.45) is 0 Å². The first-order valence-corrected chi connectivity index (χ1v) is 30.9. The predicted molar refractivity (Wildman–Crippen MR) is 320 cm³/mol. The van der Waals surface area contributed by atoms with Gasteiger partial charge < -0.3 is 14.2 Å². The van der Waals surface area contributed by atoms with Crippen molar-refractivity contribution in [3.05, 3.63) is 109 Å². The van der Waals surface area contributed by atoms with Crippen LogP contribution < -0.4 is 0 Å². The van der Waals surface area contributed by atoms with E-state index in [0.29, 0.717) is 19.3 Å². The van der Waals surface area contributed by atoms with Crippen molar-refractivity contribution in [3.8, 4) is 0 Å². The first kappa shape index (κ1) is 70.1. The fourth-order valence-electron chi connectivity index (χ4n) is 8.43. The van der Waals surface area contributed by atoms with Crippen molar-refractivity contribution >= 4 is 17.9 Å². The van der Waals surface area contributed by atoms with Gasteiger partial charge in [0.25, 0.3) is 0 Å². The van der Waals surface area contributed by atoms with E-state index in [1.807, 2.05) is 0 Å². The molecule has 0 spiro atoms. The van der Waals surface area contributed by atoms with Gasteiger partial charge in [0.05, 0.1) is 0 Å². The zero-order chi connectivity index (χ0) is 53.6. The number of rotatable bonds is 55. The average Bonchev–Trinajstić information content (AvgIpc) is 3.40. The van der Waals surface area contributed by atoms with Crippen molar-refractivity contribution in [2.75, 3.05) is 13.2 Å². The van der Waals surface area contributed by atoms with Crippen LogP contribution in [0.1, 0.15) is 284 Å². The Labute approximate surface area is 457 Å². The highest BCUT2D eigenvalue weighted by Crippen LogP contribution is 2.16. The molecule has 0 bridgehead atoms. The number of hydrogen-bond donors (Lipinski definition) is 0. The molecule has 0 N–H and O–H groups in total. The van der Waals surface area contributed by atoms with E-state index in [2.05, 4.69) is 130 Å². The molecule has 0 heterocycles. The van der Waals surface area contributed by atoms with Gasteiger partial charge in [-0.05, 0) is 116 Å². The number of unbranched alkanes of at least 4 members (excludes halogenated alkanes) is 26. The van der Waals surface area contributed by atoms with E-state index in [9.17, 15) is 14.4 Å². The van der Waals surface area contributed by atoms with Gasteiger partial charge in [0, 0.05) is 19.3 Å². The Balaban J connectivity index is 4.21. The molecule has 0 fully saturated rings. The summed E-state index contributed by atoms with van der Waals surface area (Å²) in [6.07, 6.45) is 83.9. The summed E-state index contributed by atoms with van der Waals surface area (Å²) >= 11 is 0. The van der Waals surface area contributed by atoms with E-state index >= 15 is 0 Å². The molecule has 0 saturated carbocycles. The van der Waals surface area contributed by atoms with Crippen LogP contribution in [-0.4, -0.2) is 37.2 Å². The number of allylic oxidation sites excluding steroid dienone is 18. The molecule has 0 saturated heterocycles. The maximum atomic E-state index is 12.8. The fraction of sp³-hybridized carbons (Fsp3) is 0.691. The Kier molecular flexibility index (Phi) is 58.3. The molecule has 0 radical (unpaired) electrons. The summed E-state index contributed by atoms with van der Waals surface area (Å²) in [6, 6.07) is 0. The minimum absolute atomic E-state index is 0.0901. The van der Waals surface area contributed by atoms with Gasteiger partial charge in [-0.2, -0.15) is 0 Å². The molecule has 0 rings (SSSR count). The van der Waals surface area contributed by atoms with E-state index in [1.165, 1.54) is 103 Å². The molecule has 1 atom stereocenters. The van der Waals surface area contributed by atoms with Gasteiger partial charge in [-0.15, -0.1) is 0 Å². The van der Waals surface area contributed by atoms with Crippen LogP contribution >= 0.6 is 0 Å². The first-order chi connectivity index (χ1) is 36.5. The van der Waals surface area contributed by atoms with Crippen LogP contribution in [0.25, 0.3) is 0 Å². The third-order valence-corrected chi connectivity index (χ3v) is 13.0. The maximum absolute atomic E-state index is 12.8. The molecule has 74 heavy (non-hydrogen) atoms. The largest absolute Gasteiger partial charge is 0.462 e. The average molecular weight is 1030 g/mol. The molecule has 0 aliphatic carbocycles. The van der Waals surface area contributed by atoms with Crippen molar-refractivity contribution in [1.82, 2.24) is 0 Å². The zero-order valence-corrected chi connectivity index (χ0v) is 48.3. The number of carbonyl (C=O) groups excluding carboxylic acids is 3. The van der Waals surface area contributed by atoms with E-state index < -0.39 is 6.10 Å². The molecule has 6 nitrogen and oxygen atoms in total. The molecule has 0 aliphatic heterocycles. The molecule has 6 heteroatoms. The maximum Gasteiger partial charge on any atom is 0.306 e. The molecule has 0 amide bonds. The van der Waals surface area contributed by atoms with Crippen molar-refractivity contribution in [1.29, 1.82) is 0 Å². The van der Waals surface area contributed by atoms with Gasteiger partial charge in [-0.25, -0.2) is 0 Å². The number of carbonyl (C=O) groups is 3. The minimum Gasteiger partial charge on any atom is -0.462 e. The summed E-state index contributed by atoms with van der Waals surface area (Å²) < 4.78 is 16.8. The first-order valence-electron chi connectivity index (χ1n) is 30.9. The lowest BCUT2D eigenvalue weighted by Gasteiger charge is -2.18. The quantitative estimate of drug-likeness (QED) is 0.0261. The standard InChI is InChI=1S/C68H114O6/c1-4-7-10-13-16-19-22-24-26-28-29-30-31-32-33-34-35-36-37-38-39-41-42-44-46-49-52-55-58-61-67(70)73-64-65(63-72-66(69)60-57-54-51-48-21-18-15-12-9-6-3)74-68(71)62-59-56-53-50-47-45-43-40-27-25-23-20-17-14-11-8-5-2/h7-8,10-12,15-17,19-20,24-27,29-30,43,45,65H,4-6,9,13-14,18,21-23,28,31-42,44,46-64H2,1-3H3/b10-7-,11-8-,15-12-,19-16-,20-17-,26-24-,27-25-,30-29-,45-43-. The van der Waals surface area contributed by atoms with E-state index in [0.717, 1.165) is 141 Å². The van der Waals surface area contributed by atoms with Gasteiger partial charge in [0.2, 0.25) is 0 Å². The normalized spacial score (nSPS) is 12.9. The van der Waals surface area contributed by atoms with Gasteiger partial charge in [-0.1, -0.05) is 259 Å². The van der Waals surface area contributed by atoms with Crippen LogP contribution in [0.15, 0.2) is 109 Å². The van der Waals surface area contributed by atoms with Crippen molar-refractivity contribution in [3.63, 3.8) is 0 Å². The van der Waals surface area contributed by atoms with Crippen LogP contribution in [0.3, 0.4) is 0 Å². The lowest BCUT2D eigenvalue weighted by Crippen LogP contribution is -2.30. The third-order valence-electron chi connectivity index (χ3n) is 13.0. The molecule has 422 valence electrons. The second-order valence-corrected chi connectivity index (χ2v) is 20.2. The molecule has 0 aromatic rings. The van der Waals surface area contributed by atoms with Gasteiger partial charge >= 0.3 is 17.9 Å². The number of hydrogen-bond acceptors (Lipinski definition) is 6. The summed E-state index contributed by atoms with van der Waals surface area (Å²) in [5, 5.41) is 0. The summed E-state index contributed by atoms with van der Waals surface area (Å²) in [5.74, 6) is -0.921. The topological polar surface area (TPSA) is 78.9 Å². The highest BCUT2D eigenvalue weighted by atomic mass is 16.6. The van der Waals surface area contributed by atoms with Gasteiger partial charge in [-0.3, -0.25) is 14.4 Å². The highest BCUT2D eigenvalue weighted by Gasteiger charge is 2.19. The number of esters is 3. The Morgan fingerprint density at radius 3 is 0.838 bits per heavy atom. The molecule has 0 aromatic heterocycles. The lowest BCUT2D eigenvalue weighted by molar-refractivity contribution is -0.167. The summed E-state index contributed by atoms with van der Waals surface area (Å²) in [5.41, 5.74) is 0. The Bertz CT molecular complexity index is 1510. The number of ether oxygens (including phenoxy) is 3. The predicted octanol–water partition coefficient (Wildman–Crippen LogP) is 21.0. The third kappa shape index (κ3) is 59.0. The summed E-state index contributed by atoms with van der Waals surface area (Å²) in [6.45, 7) is 6.34. The van der Waals surface area contributed by atoms with Crippen LogP contribution in [0.4, 0.5) is 0 Å². The summed E-state index contributed by atoms with van der Waals surface area (Å²) in [4.78, 5) is 38.1. The molecular weight excluding hydrogens is 913 g/mol. The molecule has 1 unspecified atom stereocenters. The monoisotopic (exact) mass is 1030 g/mol. The second-order valence-electron chi connectivity index (χ2n) is 20.2. The molecule has 0 aromatic carbocycles. The van der Waals surface area contributed by atoms with Crippen LogP contribution in [0.5, 0.6) is 0 Å². The van der Waals surface area contributed by atoms with E-state index in [-0.39, 0.29) is 31.1 Å². The lowest BCUT2D eigenvalue weighted by atomic mass is 10.0. The Hall–Kier alpha value is -3.93. The second kappa shape index (κ2) is 61.6. The van der Waals surface area contributed by atoms with Crippen molar-refractivity contribution < 1.29 is 28.6 Å². The smallest absolute Gasteiger partial charge is 0.306 e. The fourth-order valence-corrected chi connectivity index (χ4v) is 8.43. The van der Waals surface area contributed by atoms with E-state index in [1.54, 1.807) is 0 Å². The van der Waals surface area contributed by atoms with Gasteiger partial charge in [0.1, 0.15) is 13.2 Å². The van der Waals surface area contributed by atoms with E-state index in [4.69, 9.17) is 14.2 Å². The van der Waals surface area contributed by atoms with Crippen LogP contribution in [0, 0.1) is 0 Å². The minimum atomic E-state index is -0.794. The highest BCUT2D eigenvalue weighted by molar-refractivity contribution is 5.71. The van der Waals surface area contributed by atoms with Crippen LogP contribution in [-0.2, 0) is 28.6 Å². The molecular formula is C68H114O6. The summed E-state index contributed by atoms with van der Waals surface area (Å²) in [7, 11) is 0. The van der Waals surface area contributed by atoms with Crippen molar-refractivity contribution in [2.45, 2.75) is 290 Å². The molecule has 0 aliphatic rings. The zero-order valence-electron chi connectivity index (χ0n) is 48.3. The van der Waals surface area contributed by atoms with Crippen LogP contribution in [0.2, 0.25) is 0 Å². The Morgan fingerprint density at radius 1 is 0.284 bits per heavy atom. The Morgan fingerprint density at radius 2 is 0.527 bits per heavy atom.